The third-order valence-electron chi connectivity index (χ3n) is 2.53. The largest absolute Gasteiger partial charge is 0.492 e. The van der Waals surface area contributed by atoms with Crippen LogP contribution in [0.25, 0.3) is 11.1 Å². The number of hydrogen-bond acceptors (Lipinski definition) is 3. The Morgan fingerprint density at radius 2 is 1.89 bits per heavy atom. The van der Waals surface area contributed by atoms with Crippen molar-refractivity contribution >= 4 is 11.8 Å². The summed E-state index contributed by atoms with van der Waals surface area (Å²) >= 11 is 0. The van der Waals surface area contributed by atoms with Crippen molar-refractivity contribution in [3.63, 3.8) is 0 Å². The lowest BCUT2D eigenvalue weighted by molar-refractivity contribution is 0.341. The molecule has 2 aromatic carbocycles. The maximum atomic E-state index is 10.4. The van der Waals surface area contributed by atoms with Gasteiger partial charge in [-0.05, 0) is 30.2 Å². The molecule has 2 rings (SSSR count). The van der Waals surface area contributed by atoms with Crippen LogP contribution in [0.5, 0.6) is 5.75 Å². The molecule has 3 nitrogen and oxygen atoms in total. The maximum absolute atomic E-state index is 10.4. The van der Waals surface area contributed by atoms with Gasteiger partial charge in [0.25, 0.3) is 0 Å². The van der Waals surface area contributed by atoms with E-state index in [0.29, 0.717) is 18.0 Å². The highest BCUT2D eigenvalue weighted by molar-refractivity contribution is 5.71. The molecule has 0 unspecified atom stereocenters. The van der Waals surface area contributed by atoms with Gasteiger partial charge in [0.05, 0.1) is 6.61 Å². The van der Waals surface area contributed by atoms with E-state index in [0.717, 1.165) is 11.1 Å². The predicted octanol–water partition coefficient (Wildman–Crippen LogP) is 3.72. The van der Waals surface area contributed by atoms with Crippen molar-refractivity contribution in [2.45, 2.75) is 6.92 Å². The monoisotopic (exact) mass is 239 g/mol. The van der Waals surface area contributed by atoms with Crippen molar-refractivity contribution in [3.05, 3.63) is 48.5 Å². The van der Waals surface area contributed by atoms with Gasteiger partial charge in [-0.25, -0.2) is 4.79 Å². The van der Waals surface area contributed by atoms with E-state index in [1.165, 1.54) is 0 Å². The molecular formula is C15H13NO2. The summed E-state index contributed by atoms with van der Waals surface area (Å²) in [5.74, 6) is 0.598. The van der Waals surface area contributed by atoms with Crippen LogP contribution in [0, 0.1) is 0 Å². The Bertz CT molecular complexity index is 572. The van der Waals surface area contributed by atoms with Gasteiger partial charge in [0.1, 0.15) is 11.4 Å². The molecule has 0 N–H and O–H groups in total. The minimum absolute atomic E-state index is 0.508. The highest BCUT2D eigenvalue weighted by Crippen LogP contribution is 2.32. The molecule has 0 fully saturated rings. The standard InChI is InChI=1S/C15H13NO2/c1-2-18-15-9-8-13(10-14(15)16-11-17)12-6-4-3-5-7-12/h3-10H,2H2,1H3. The molecule has 0 heterocycles. The third kappa shape index (κ3) is 2.65. The summed E-state index contributed by atoms with van der Waals surface area (Å²) in [5.41, 5.74) is 2.57. The number of rotatable bonds is 4. The second kappa shape index (κ2) is 5.80. The van der Waals surface area contributed by atoms with Crippen LogP contribution < -0.4 is 4.74 Å². The van der Waals surface area contributed by atoms with Crippen molar-refractivity contribution in [1.29, 1.82) is 0 Å². The van der Waals surface area contributed by atoms with Gasteiger partial charge in [0.15, 0.2) is 0 Å². The van der Waals surface area contributed by atoms with Crippen LogP contribution in [0.3, 0.4) is 0 Å². The Hall–Kier alpha value is -2.38. The number of benzene rings is 2. The molecule has 2 aromatic rings. The van der Waals surface area contributed by atoms with E-state index in [1.54, 1.807) is 6.08 Å². The fourth-order valence-corrected chi connectivity index (χ4v) is 1.74. The smallest absolute Gasteiger partial charge is 0.240 e. The normalized spacial score (nSPS) is 9.61. The molecule has 0 aliphatic heterocycles. The average molecular weight is 239 g/mol. The van der Waals surface area contributed by atoms with E-state index in [4.69, 9.17) is 4.74 Å². The number of ether oxygens (including phenoxy) is 1. The molecule has 0 bridgehead atoms. The minimum Gasteiger partial charge on any atom is -0.492 e. The topological polar surface area (TPSA) is 38.7 Å². The molecule has 0 saturated carbocycles. The van der Waals surface area contributed by atoms with Crippen molar-refractivity contribution in [2.75, 3.05) is 6.61 Å². The van der Waals surface area contributed by atoms with Crippen LogP contribution in [0.1, 0.15) is 6.92 Å². The van der Waals surface area contributed by atoms with Crippen LogP contribution in [-0.4, -0.2) is 12.7 Å². The maximum Gasteiger partial charge on any atom is 0.240 e. The summed E-state index contributed by atoms with van der Waals surface area (Å²) in [5, 5.41) is 0. The summed E-state index contributed by atoms with van der Waals surface area (Å²) in [7, 11) is 0. The van der Waals surface area contributed by atoms with Gasteiger partial charge in [-0.15, -0.1) is 0 Å². The van der Waals surface area contributed by atoms with Crippen LogP contribution in [0.4, 0.5) is 5.69 Å². The van der Waals surface area contributed by atoms with Gasteiger partial charge in [0.2, 0.25) is 6.08 Å². The van der Waals surface area contributed by atoms with E-state index in [1.807, 2.05) is 55.5 Å². The fourth-order valence-electron chi connectivity index (χ4n) is 1.74. The molecule has 90 valence electrons. The number of nitrogens with zero attached hydrogens (tertiary/aromatic N) is 1. The van der Waals surface area contributed by atoms with Crippen LogP contribution in [0.2, 0.25) is 0 Å². The molecule has 0 saturated heterocycles. The second-order valence-electron chi connectivity index (χ2n) is 3.68. The van der Waals surface area contributed by atoms with Crippen LogP contribution in [0.15, 0.2) is 53.5 Å². The Kier molecular flexibility index (Phi) is 3.90. The first-order chi connectivity index (χ1) is 8.85. The Morgan fingerprint density at radius 3 is 2.56 bits per heavy atom. The number of carbonyl (C=O) groups excluding carboxylic acids is 1. The van der Waals surface area contributed by atoms with Gasteiger partial charge in [-0.1, -0.05) is 36.4 Å². The minimum atomic E-state index is 0.508. The first-order valence-corrected chi connectivity index (χ1v) is 5.75. The summed E-state index contributed by atoms with van der Waals surface area (Å²) in [4.78, 5) is 14.1. The van der Waals surface area contributed by atoms with Gasteiger partial charge in [0, 0.05) is 0 Å². The fraction of sp³-hybridized carbons (Fsp3) is 0.133. The van der Waals surface area contributed by atoms with Gasteiger partial charge >= 0.3 is 0 Å². The third-order valence-corrected chi connectivity index (χ3v) is 2.53. The quantitative estimate of drug-likeness (QED) is 0.602. The summed E-state index contributed by atoms with van der Waals surface area (Å²) in [6.45, 7) is 2.42. The zero-order valence-electron chi connectivity index (χ0n) is 10.1. The molecule has 0 aliphatic carbocycles. The van der Waals surface area contributed by atoms with Gasteiger partial charge in [-0.3, -0.25) is 0 Å². The summed E-state index contributed by atoms with van der Waals surface area (Å²) in [6.07, 6.45) is 1.56. The zero-order valence-corrected chi connectivity index (χ0v) is 10.1. The van der Waals surface area contributed by atoms with Crippen LogP contribution >= 0.6 is 0 Å². The van der Waals surface area contributed by atoms with Crippen molar-refractivity contribution in [2.24, 2.45) is 4.99 Å². The molecule has 0 amide bonds. The zero-order chi connectivity index (χ0) is 12.8. The second-order valence-corrected chi connectivity index (χ2v) is 3.68. The van der Waals surface area contributed by atoms with E-state index in [-0.39, 0.29) is 0 Å². The molecule has 0 radical (unpaired) electrons. The van der Waals surface area contributed by atoms with Crippen molar-refractivity contribution < 1.29 is 9.53 Å². The SMILES string of the molecule is CCOc1ccc(-c2ccccc2)cc1N=C=O. The highest BCUT2D eigenvalue weighted by atomic mass is 16.5. The Labute approximate surface area is 106 Å². The Balaban J connectivity index is 2.46. The van der Waals surface area contributed by atoms with Crippen molar-refractivity contribution in [3.8, 4) is 16.9 Å². The van der Waals surface area contributed by atoms with Crippen molar-refractivity contribution in [1.82, 2.24) is 0 Å². The summed E-state index contributed by atoms with van der Waals surface area (Å²) in [6, 6.07) is 15.5. The molecule has 0 spiro atoms. The molecule has 3 heteroatoms. The average Bonchev–Trinajstić information content (AvgIpc) is 2.42. The lowest BCUT2D eigenvalue weighted by atomic mass is 10.1. The molecule has 0 atom stereocenters. The number of isocyanates is 1. The Morgan fingerprint density at radius 1 is 1.11 bits per heavy atom. The highest BCUT2D eigenvalue weighted by Gasteiger charge is 2.05. The lowest BCUT2D eigenvalue weighted by Gasteiger charge is -2.08. The van der Waals surface area contributed by atoms with Gasteiger partial charge in [-0.2, -0.15) is 4.99 Å². The van der Waals surface area contributed by atoms with E-state index < -0.39 is 0 Å². The predicted molar refractivity (Wildman–Crippen MR) is 70.8 cm³/mol. The first kappa shape index (κ1) is 12.1. The molecule has 0 aliphatic rings. The molecular weight excluding hydrogens is 226 g/mol. The molecule has 0 aromatic heterocycles. The first-order valence-electron chi connectivity index (χ1n) is 5.75. The van der Waals surface area contributed by atoms with Crippen LogP contribution in [-0.2, 0) is 4.79 Å². The van der Waals surface area contributed by atoms with E-state index in [9.17, 15) is 4.79 Å². The summed E-state index contributed by atoms with van der Waals surface area (Å²) < 4.78 is 5.41. The lowest BCUT2D eigenvalue weighted by Crippen LogP contribution is -1.91. The molecule has 18 heavy (non-hydrogen) atoms. The van der Waals surface area contributed by atoms with Gasteiger partial charge < -0.3 is 4.74 Å². The number of hydrogen-bond donors (Lipinski definition) is 0. The number of aliphatic imine (C=N–C) groups is 1. The van der Waals surface area contributed by atoms with E-state index in [2.05, 4.69) is 4.99 Å². The van der Waals surface area contributed by atoms with E-state index >= 15 is 0 Å².